The van der Waals surface area contributed by atoms with Crippen LogP contribution in [0.2, 0.25) is 0 Å². The Morgan fingerprint density at radius 3 is 2.57 bits per heavy atom. The van der Waals surface area contributed by atoms with Crippen LogP contribution >= 0.6 is 0 Å². The first-order valence-corrected chi connectivity index (χ1v) is 8.82. The molecule has 1 aromatic heterocycles. The Kier molecular flexibility index (Phi) is 5.95. The van der Waals surface area contributed by atoms with E-state index in [0.29, 0.717) is 11.3 Å². The van der Waals surface area contributed by atoms with Gasteiger partial charge >= 0.3 is 11.2 Å². The average molecular weight is 414 g/mol. The topological polar surface area (TPSA) is 104 Å². The van der Waals surface area contributed by atoms with Gasteiger partial charge in [-0.05, 0) is 35.9 Å². The van der Waals surface area contributed by atoms with Crippen LogP contribution in [0.3, 0.4) is 0 Å². The first kappa shape index (κ1) is 20.8. The summed E-state index contributed by atoms with van der Waals surface area (Å²) in [5.74, 6) is -0.908. The molecule has 3 aromatic rings. The molecule has 0 unspecified atom stereocenters. The van der Waals surface area contributed by atoms with Gasteiger partial charge in [0.2, 0.25) is 5.91 Å². The van der Waals surface area contributed by atoms with Crippen LogP contribution in [0.4, 0.5) is 10.1 Å². The molecule has 0 spiro atoms. The summed E-state index contributed by atoms with van der Waals surface area (Å²) < 4.78 is 26.0. The molecule has 1 amide bonds. The van der Waals surface area contributed by atoms with Gasteiger partial charge < -0.3 is 14.8 Å². The molecule has 0 aliphatic heterocycles. The van der Waals surface area contributed by atoms with Crippen LogP contribution in [0.25, 0.3) is 5.69 Å². The van der Waals surface area contributed by atoms with Crippen molar-refractivity contribution in [2.24, 2.45) is 0 Å². The molecule has 0 saturated heterocycles. The molecule has 2 aromatic carbocycles. The zero-order chi connectivity index (χ0) is 21.8. The summed E-state index contributed by atoms with van der Waals surface area (Å²) in [6, 6.07) is 10.5. The predicted molar refractivity (Wildman–Crippen MR) is 107 cm³/mol. The first-order valence-electron chi connectivity index (χ1n) is 8.82. The molecule has 1 heterocycles. The zero-order valence-electron chi connectivity index (χ0n) is 16.5. The van der Waals surface area contributed by atoms with Gasteiger partial charge in [0.1, 0.15) is 11.6 Å². The number of hydrogen-bond acceptors (Lipinski definition) is 6. The van der Waals surface area contributed by atoms with Crippen molar-refractivity contribution in [1.29, 1.82) is 0 Å². The Balaban J connectivity index is 2.15. The second-order valence-corrected chi connectivity index (χ2v) is 6.29. The Hall–Kier alpha value is -3.95. The van der Waals surface area contributed by atoms with E-state index in [1.807, 2.05) is 0 Å². The summed E-state index contributed by atoms with van der Waals surface area (Å²) >= 11 is 0. The van der Waals surface area contributed by atoms with E-state index in [1.165, 1.54) is 33.3 Å². The largest absolute Gasteiger partial charge is 0.497 e. The number of hydrogen-bond donors (Lipinski definition) is 1. The molecule has 0 aliphatic rings. The van der Waals surface area contributed by atoms with Crippen LogP contribution in [0.1, 0.15) is 12.5 Å². The zero-order valence-corrected chi connectivity index (χ0v) is 16.5. The first-order chi connectivity index (χ1) is 14.3. The molecule has 156 valence electrons. The number of nitrogens with one attached hydrogen (secondary N) is 1. The van der Waals surface area contributed by atoms with Gasteiger partial charge in [0, 0.05) is 6.92 Å². The van der Waals surface area contributed by atoms with Crippen LogP contribution < -0.4 is 26.0 Å². The van der Waals surface area contributed by atoms with Gasteiger partial charge in [0.15, 0.2) is 0 Å². The Bertz CT molecular complexity index is 1220. The maximum Gasteiger partial charge on any atom is 0.352 e. The van der Waals surface area contributed by atoms with Crippen LogP contribution in [-0.4, -0.2) is 34.5 Å². The summed E-state index contributed by atoms with van der Waals surface area (Å²) in [4.78, 5) is 37.0. The van der Waals surface area contributed by atoms with Gasteiger partial charge in [0.05, 0.1) is 32.1 Å². The number of anilines is 1. The number of ether oxygens (including phenoxy) is 2. The molecule has 3 rings (SSSR count). The lowest BCUT2D eigenvalue weighted by Crippen LogP contribution is -2.41. The van der Waals surface area contributed by atoms with Crippen LogP contribution in [0.15, 0.2) is 52.1 Å². The van der Waals surface area contributed by atoms with Crippen LogP contribution in [0.5, 0.6) is 11.6 Å². The van der Waals surface area contributed by atoms with Gasteiger partial charge in [0.25, 0.3) is 5.88 Å². The minimum atomic E-state index is -0.760. The maximum atomic E-state index is 14.0. The maximum absolute atomic E-state index is 14.0. The molecule has 0 bridgehead atoms. The highest BCUT2D eigenvalue weighted by molar-refractivity contribution is 5.89. The fourth-order valence-electron chi connectivity index (χ4n) is 2.81. The third-order valence-electron chi connectivity index (χ3n) is 4.20. The molecule has 0 radical (unpaired) electrons. The fourth-order valence-corrected chi connectivity index (χ4v) is 2.81. The molecule has 9 nitrogen and oxygen atoms in total. The number of amides is 1. The molecule has 30 heavy (non-hydrogen) atoms. The number of aromatic nitrogens is 3. The lowest BCUT2D eigenvalue weighted by Gasteiger charge is -2.13. The van der Waals surface area contributed by atoms with E-state index in [4.69, 9.17) is 9.47 Å². The van der Waals surface area contributed by atoms with Crippen LogP contribution in [-0.2, 0) is 11.3 Å². The van der Waals surface area contributed by atoms with E-state index in [1.54, 1.807) is 24.3 Å². The van der Waals surface area contributed by atoms with Gasteiger partial charge in [-0.15, -0.1) is 5.10 Å². The molecule has 1 N–H and O–H groups in total. The Labute approximate surface area is 170 Å². The Morgan fingerprint density at radius 2 is 1.90 bits per heavy atom. The van der Waals surface area contributed by atoms with Crippen molar-refractivity contribution in [1.82, 2.24) is 14.3 Å². The summed E-state index contributed by atoms with van der Waals surface area (Å²) in [6.07, 6.45) is 0. The van der Waals surface area contributed by atoms with Crippen molar-refractivity contribution in [3.63, 3.8) is 0 Å². The standard InChI is InChI=1S/C20H19FN4O5/c1-12(26)22-17-10-14(7-8-16(17)21)25-20(28)24(19(27)18(23-25)30-3)11-13-5-4-6-15(9-13)29-2/h4-10H,11H2,1-3H3,(H,22,26). The van der Waals surface area contributed by atoms with Crippen molar-refractivity contribution in [3.8, 4) is 17.3 Å². The van der Waals surface area contributed by atoms with E-state index in [0.717, 1.165) is 15.3 Å². The SMILES string of the molecule is COc1cccc(Cn2c(=O)c(OC)nn(-c3ccc(F)c(NC(C)=O)c3)c2=O)c1. The second-order valence-electron chi connectivity index (χ2n) is 6.29. The van der Waals surface area contributed by atoms with Crippen molar-refractivity contribution in [2.75, 3.05) is 19.5 Å². The van der Waals surface area contributed by atoms with Gasteiger partial charge in [-0.25, -0.2) is 13.8 Å². The van der Waals surface area contributed by atoms with E-state index in [-0.39, 0.29) is 23.8 Å². The quantitative estimate of drug-likeness (QED) is 0.656. The smallest absolute Gasteiger partial charge is 0.352 e. The van der Waals surface area contributed by atoms with Gasteiger partial charge in [-0.3, -0.25) is 9.59 Å². The number of nitrogens with zero attached hydrogens (tertiary/aromatic N) is 3. The highest BCUT2D eigenvalue weighted by Gasteiger charge is 2.17. The van der Waals surface area contributed by atoms with Gasteiger partial charge in [-0.1, -0.05) is 12.1 Å². The number of carbonyl (C=O) groups excluding carboxylic acids is 1. The monoisotopic (exact) mass is 414 g/mol. The molecule has 10 heteroatoms. The highest BCUT2D eigenvalue weighted by atomic mass is 19.1. The molecular formula is C20H19FN4O5. The number of methoxy groups -OCH3 is 2. The summed E-state index contributed by atoms with van der Waals surface area (Å²) in [5.41, 5.74) is -0.817. The van der Waals surface area contributed by atoms with Crippen molar-refractivity contribution < 1.29 is 18.7 Å². The lowest BCUT2D eigenvalue weighted by atomic mass is 10.2. The fraction of sp³-hybridized carbons (Fsp3) is 0.200. The molecule has 0 saturated carbocycles. The van der Waals surface area contributed by atoms with E-state index in [2.05, 4.69) is 10.4 Å². The normalized spacial score (nSPS) is 10.5. The van der Waals surface area contributed by atoms with Crippen LogP contribution in [0, 0.1) is 5.82 Å². The molecule has 0 aliphatic carbocycles. The highest BCUT2D eigenvalue weighted by Crippen LogP contribution is 2.18. The third kappa shape index (κ3) is 4.22. The van der Waals surface area contributed by atoms with Gasteiger partial charge in [-0.2, -0.15) is 4.68 Å². The van der Waals surface area contributed by atoms with E-state index >= 15 is 0 Å². The van der Waals surface area contributed by atoms with E-state index < -0.39 is 23.0 Å². The summed E-state index contributed by atoms with van der Waals surface area (Å²) in [6.45, 7) is 1.17. The van der Waals surface area contributed by atoms with Crippen molar-refractivity contribution in [3.05, 3.63) is 74.7 Å². The predicted octanol–water partition coefficient (Wildman–Crippen LogP) is 1.56. The summed E-state index contributed by atoms with van der Waals surface area (Å²) in [5, 5.41) is 6.27. The second kappa shape index (κ2) is 8.60. The summed E-state index contributed by atoms with van der Waals surface area (Å²) in [7, 11) is 2.76. The van der Waals surface area contributed by atoms with Crippen molar-refractivity contribution in [2.45, 2.75) is 13.5 Å². The van der Waals surface area contributed by atoms with Crippen molar-refractivity contribution >= 4 is 11.6 Å². The Morgan fingerprint density at radius 1 is 1.13 bits per heavy atom. The third-order valence-corrected chi connectivity index (χ3v) is 4.20. The number of carbonyl (C=O) groups is 1. The number of benzene rings is 2. The number of rotatable bonds is 6. The minimum Gasteiger partial charge on any atom is -0.497 e. The number of halogens is 1. The molecule has 0 fully saturated rings. The minimum absolute atomic E-state index is 0.0620. The molecule has 0 atom stereocenters. The van der Waals surface area contributed by atoms with E-state index in [9.17, 15) is 18.8 Å². The molecular weight excluding hydrogens is 395 g/mol. The average Bonchev–Trinajstić information content (AvgIpc) is 2.73. The lowest BCUT2D eigenvalue weighted by molar-refractivity contribution is -0.114.